The van der Waals surface area contributed by atoms with Crippen molar-refractivity contribution in [2.24, 2.45) is 0 Å². The second-order valence-electron chi connectivity index (χ2n) is 2.27. The molecule has 0 N–H and O–H groups in total. The summed E-state index contributed by atoms with van der Waals surface area (Å²) in [5, 5.41) is -0.0458. The predicted molar refractivity (Wildman–Crippen MR) is 43.0 cm³/mol. The Morgan fingerprint density at radius 2 is 2.08 bits per heavy atom. The number of pyridine rings is 1. The van der Waals surface area contributed by atoms with Crippen LogP contribution in [0, 0.1) is 6.58 Å². The van der Waals surface area contributed by atoms with E-state index < -0.39 is 11.7 Å². The number of hydrogen-bond donors (Lipinski definition) is 0. The number of hydrogen-bond acceptors (Lipinski definition) is 1. The van der Waals surface area contributed by atoms with E-state index in [0.717, 1.165) is 12.1 Å². The minimum Gasteiger partial charge on any atom is -0.292 e. The molecule has 0 saturated carbocycles. The molecule has 0 aliphatic rings. The number of rotatable bonds is 1. The van der Waals surface area contributed by atoms with Gasteiger partial charge < -0.3 is 0 Å². The Hall–Kier alpha value is -1.03. The van der Waals surface area contributed by atoms with Gasteiger partial charge in [0.25, 0.3) is 0 Å². The average Bonchev–Trinajstić information content (AvgIpc) is 2.03. The van der Waals surface area contributed by atoms with E-state index in [0.29, 0.717) is 6.20 Å². The van der Waals surface area contributed by atoms with Crippen LogP contribution in [0.2, 0.25) is 5.15 Å². The Kier molecular flexibility index (Phi) is 2.61. The van der Waals surface area contributed by atoms with Gasteiger partial charge in [0, 0.05) is 6.20 Å². The van der Waals surface area contributed by atoms with Crippen molar-refractivity contribution in [2.45, 2.75) is 6.18 Å². The molecule has 70 valence electrons. The summed E-state index contributed by atoms with van der Waals surface area (Å²) in [6.45, 7) is 5.05. The molecule has 0 aliphatic heterocycles. The fraction of sp³-hybridized carbons (Fsp3) is 0.125. The van der Waals surface area contributed by atoms with Crippen LogP contribution in [0.15, 0.2) is 12.3 Å². The van der Waals surface area contributed by atoms with Crippen molar-refractivity contribution >= 4 is 17.7 Å². The Balaban J connectivity index is 3.21. The van der Waals surface area contributed by atoms with Gasteiger partial charge in [-0.2, -0.15) is 13.2 Å². The molecule has 0 aliphatic carbocycles. The quantitative estimate of drug-likeness (QED) is 0.508. The van der Waals surface area contributed by atoms with Crippen LogP contribution < -0.4 is 0 Å². The summed E-state index contributed by atoms with van der Waals surface area (Å²) in [5.41, 5.74) is -0.801. The summed E-state index contributed by atoms with van der Waals surface area (Å²) in [4.78, 5) is 3.35. The largest absolute Gasteiger partial charge is 0.416 e. The van der Waals surface area contributed by atoms with E-state index in [1.807, 2.05) is 0 Å². The van der Waals surface area contributed by atoms with Crippen molar-refractivity contribution in [1.82, 2.24) is 4.98 Å². The molecule has 0 fully saturated rings. The molecule has 0 radical (unpaired) electrons. The van der Waals surface area contributed by atoms with E-state index in [4.69, 9.17) is 18.2 Å². The van der Waals surface area contributed by atoms with Gasteiger partial charge in [0.05, 0.1) is 10.7 Å². The molecule has 1 heterocycles. The van der Waals surface area contributed by atoms with Gasteiger partial charge in [0.15, 0.2) is 0 Å². The number of nitrogens with zero attached hydrogens (tertiary/aromatic N) is 1. The van der Waals surface area contributed by atoms with Crippen LogP contribution in [0.3, 0.4) is 0 Å². The summed E-state index contributed by atoms with van der Waals surface area (Å²) >= 11 is 5.46. The van der Waals surface area contributed by atoms with Gasteiger partial charge in [-0.05, 0) is 0 Å². The van der Waals surface area contributed by atoms with Crippen molar-refractivity contribution in [3.05, 3.63) is 35.1 Å². The minimum atomic E-state index is -4.42. The summed E-state index contributed by atoms with van der Waals surface area (Å²) in [5.74, 6) is 0. The lowest BCUT2D eigenvalue weighted by atomic mass is 10.2. The number of halogens is 4. The summed E-state index contributed by atoms with van der Waals surface area (Å²) in [6, 6.07) is 0.843. The maximum atomic E-state index is 12.1. The highest BCUT2D eigenvalue weighted by Gasteiger charge is 2.30. The highest BCUT2D eigenvalue weighted by molar-refractivity contribution is 6.30. The lowest BCUT2D eigenvalue weighted by Gasteiger charge is -2.11. The minimum absolute atomic E-state index is 0.0458. The molecule has 0 amide bonds. The lowest BCUT2D eigenvalue weighted by molar-refractivity contribution is -0.137. The van der Waals surface area contributed by atoms with Gasteiger partial charge in [-0.25, -0.2) is 6.08 Å². The lowest BCUT2D eigenvalue weighted by Crippen LogP contribution is -2.05. The zero-order valence-corrected chi connectivity index (χ0v) is 7.02. The summed E-state index contributed by atoms with van der Waals surface area (Å²) < 4.78 is 36.3. The third-order valence-electron chi connectivity index (χ3n) is 1.37. The topological polar surface area (TPSA) is 12.9 Å². The van der Waals surface area contributed by atoms with Crippen molar-refractivity contribution in [3.63, 3.8) is 0 Å². The molecule has 13 heavy (non-hydrogen) atoms. The summed E-state index contributed by atoms with van der Waals surface area (Å²) in [7, 11) is 0. The first-order valence-electron chi connectivity index (χ1n) is 3.23. The van der Waals surface area contributed by atoms with E-state index in [1.165, 1.54) is 0 Å². The highest BCUT2D eigenvalue weighted by atomic mass is 35.5. The van der Waals surface area contributed by atoms with E-state index in [-0.39, 0.29) is 10.7 Å². The van der Waals surface area contributed by atoms with Crippen LogP contribution in [0.1, 0.15) is 11.1 Å². The Morgan fingerprint density at radius 1 is 1.46 bits per heavy atom. The molecule has 0 unspecified atom stereocenters. The molecule has 1 nitrogen and oxygen atoms in total. The molecule has 0 aromatic carbocycles. The third-order valence-corrected chi connectivity index (χ3v) is 1.69. The van der Waals surface area contributed by atoms with Crippen LogP contribution in [0.5, 0.6) is 0 Å². The maximum Gasteiger partial charge on any atom is 0.416 e. The molecule has 1 rings (SSSR count). The van der Waals surface area contributed by atoms with Crippen molar-refractivity contribution in [1.29, 1.82) is 0 Å². The third kappa shape index (κ3) is 2.21. The number of aromatic nitrogens is 1. The molecular formula is C8H4ClF3N-. The normalized spacial score (nSPS) is 11.4. The molecule has 0 saturated heterocycles. The SMILES string of the molecule is [CH-]=Cc1cc(C(F)(F)F)cnc1Cl. The second-order valence-corrected chi connectivity index (χ2v) is 2.63. The zero-order valence-electron chi connectivity index (χ0n) is 6.27. The van der Waals surface area contributed by atoms with Gasteiger partial charge in [0.1, 0.15) is 0 Å². The van der Waals surface area contributed by atoms with E-state index in [1.54, 1.807) is 0 Å². The molecular weight excluding hydrogens is 203 g/mol. The standard InChI is InChI=1S/C8H4ClF3N/c1-2-5-3-6(8(10,11)12)4-13-7(5)9/h1-4H/q-1. The van der Waals surface area contributed by atoms with Crippen LogP contribution in [0.4, 0.5) is 13.2 Å². The number of alkyl halides is 3. The van der Waals surface area contributed by atoms with E-state index in [2.05, 4.69) is 4.98 Å². The van der Waals surface area contributed by atoms with Gasteiger partial charge in [-0.15, -0.1) is 11.6 Å². The van der Waals surface area contributed by atoms with Gasteiger partial charge in [-0.3, -0.25) is 11.6 Å². The molecule has 1 aromatic heterocycles. The predicted octanol–water partition coefficient (Wildman–Crippen LogP) is 3.20. The monoisotopic (exact) mass is 206 g/mol. The van der Waals surface area contributed by atoms with Crippen LogP contribution in [-0.4, -0.2) is 4.98 Å². The second kappa shape index (κ2) is 3.38. The first-order valence-corrected chi connectivity index (χ1v) is 3.60. The van der Waals surface area contributed by atoms with E-state index in [9.17, 15) is 13.2 Å². The van der Waals surface area contributed by atoms with Crippen LogP contribution in [0.25, 0.3) is 6.08 Å². The van der Waals surface area contributed by atoms with Gasteiger partial charge in [-0.1, -0.05) is 11.6 Å². The maximum absolute atomic E-state index is 12.1. The molecule has 0 atom stereocenters. The fourth-order valence-electron chi connectivity index (χ4n) is 0.737. The smallest absolute Gasteiger partial charge is 0.292 e. The Morgan fingerprint density at radius 3 is 2.54 bits per heavy atom. The molecule has 5 heteroatoms. The molecule has 0 bridgehead atoms. The fourth-order valence-corrected chi connectivity index (χ4v) is 0.903. The first-order chi connectivity index (χ1) is 5.95. The summed E-state index contributed by atoms with van der Waals surface area (Å²) in [6.07, 6.45) is -2.78. The van der Waals surface area contributed by atoms with Crippen molar-refractivity contribution in [3.8, 4) is 0 Å². The average molecular weight is 207 g/mol. The van der Waals surface area contributed by atoms with Gasteiger partial charge in [0.2, 0.25) is 0 Å². The molecule has 0 spiro atoms. The van der Waals surface area contributed by atoms with Crippen molar-refractivity contribution < 1.29 is 13.2 Å². The first kappa shape index (κ1) is 10.1. The van der Waals surface area contributed by atoms with Crippen LogP contribution in [-0.2, 0) is 6.18 Å². The van der Waals surface area contributed by atoms with Crippen molar-refractivity contribution in [2.75, 3.05) is 0 Å². The zero-order chi connectivity index (χ0) is 10.1. The van der Waals surface area contributed by atoms with Crippen LogP contribution >= 0.6 is 11.6 Å². The Bertz CT molecular complexity index is 333. The van der Waals surface area contributed by atoms with E-state index >= 15 is 0 Å². The highest BCUT2D eigenvalue weighted by Crippen LogP contribution is 2.30. The Labute approximate surface area is 77.9 Å². The molecule has 1 aromatic rings. The van der Waals surface area contributed by atoms with Gasteiger partial charge >= 0.3 is 6.18 Å².